The van der Waals surface area contributed by atoms with Crippen molar-refractivity contribution in [2.45, 2.75) is 39.0 Å². The second-order valence-corrected chi connectivity index (χ2v) is 2.91. The Hall–Kier alpha value is -0.520. The molecule has 1 rings (SSSR count). The van der Waals surface area contributed by atoms with Gasteiger partial charge >= 0.3 is 0 Å². The molecule has 1 saturated carbocycles. The van der Waals surface area contributed by atoms with Crippen LogP contribution in [-0.4, -0.2) is 0 Å². The van der Waals surface area contributed by atoms with E-state index in [1.54, 1.807) is 5.57 Å². The van der Waals surface area contributed by atoms with Crippen LogP contribution in [0.4, 0.5) is 0 Å². The molecule has 1 aliphatic carbocycles. The Labute approximate surface area is 63.6 Å². The van der Waals surface area contributed by atoms with E-state index in [1.165, 1.54) is 32.1 Å². The van der Waals surface area contributed by atoms with Crippen LogP contribution in [0.25, 0.3) is 0 Å². The Morgan fingerprint density at radius 2 is 1.80 bits per heavy atom. The van der Waals surface area contributed by atoms with Crippen molar-refractivity contribution in [2.24, 2.45) is 0 Å². The molecule has 0 aromatic heterocycles. The minimum atomic E-state index is 1.34. The molecule has 1 fully saturated rings. The molecule has 0 bridgehead atoms. The molecule has 0 radical (unpaired) electrons. The van der Waals surface area contributed by atoms with Crippen LogP contribution in [0.1, 0.15) is 39.0 Å². The van der Waals surface area contributed by atoms with E-state index in [2.05, 4.69) is 25.2 Å². The van der Waals surface area contributed by atoms with E-state index in [-0.39, 0.29) is 0 Å². The fourth-order valence-corrected chi connectivity index (χ4v) is 1.40. The number of rotatable bonds is 1. The maximum absolute atomic E-state index is 2.28. The van der Waals surface area contributed by atoms with Crippen LogP contribution >= 0.6 is 0 Å². The van der Waals surface area contributed by atoms with Crippen LogP contribution in [0.15, 0.2) is 23.8 Å². The fourth-order valence-electron chi connectivity index (χ4n) is 1.40. The van der Waals surface area contributed by atoms with Crippen LogP contribution < -0.4 is 0 Å². The predicted octanol–water partition coefficient (Wildman–Crippen LogP) is 3.45. The van der Waals surface area contributed by atoms with Crippen molar-refractivity contribution in [1.29, 1.82) is 0 Å². The van der Waals surface area contributed by atoms with E-state index in [4.69, 9.17) is 0 Å². The lowest BCUT2D eigenvalue weighted by atomic mass is 9.95. The summed E-state index contributed by atoms with van der Waals surface area (Å²) in [6.07, 6.45) is 13.5. The van der Waals surface area contributed by atoms with Gasteiger partial charge in [-0.2, -0.15) is 0 Å². The Balaban J connectivity index is 2.37. The molecule has 0 saturated heterocycles. The number of hydrogen-bond donors (Lipinski definition) is 0. The van der Waals surface area contributed by atoms with Crippen LogP contribution in [0, 0.1) is 0 Å². The summed E-state index contributed by atoms with van der Waals surface area (Å²) in [6, 6.07) is 0. The third-order valence-electron chi connectivity index (χ3n) is 2.02. The summed E-state index contributed by atoms with van der Waals surface area (Å²) in [5.74, 6) is 0. The number of allylic oxidation sites excluding steroid dienone is 4. The average molecular weight is 136 g/mol. The maximum atomic E-state index is 2.28. The third-order valence-corrected chi connectivity index (χ3v) is 2.02. The first kappa shape index (κ1) is 7.59. The normalized spacial score (nSPS) is 19.9. The van der Waals surface area contributed by atoms with Crippen LogP contribution in [-0.2, 0) is 0 Å². The zero-order valence-electron chi connectivity index (χ0n) is 6.77. The molecule has 1 aliphatic rings. The summed E-state index contributed by atoms with van der Waals surface area (Å²) >= 11 is 0. The van der Waals surface area contributed by atoms with Crippen molar-refractivity contribution in [1.82, 2.24) is 0 Å². The van der Waals surface area contributed by atoms with Gasteiger partial charge in [-0.3, -0.25) is 0 Å². The second-order valence-electron chi connectivity index (χ2n) is 2.91. The molecule has 0 spiro atoms. The maximum Gasteiger partial charge on any atom is -0.0317 e. The van der Waals surface area contributed by atoms with Gasteiger partial charge < -0.3 is 0 Å². The minimum Gasteiger partial charge on any atom is -0.0877 e. The van der Waals surface area contributed by atoms with E-state index in [1.807, 2.05) is 0 Å². The van der Waals surface area contributed by atoms with Gasteiger partial charge in [-0.25, -0.2) is 0 Å². The van der Waals surface area contributed by atoms with Gasteiger partial charge in [-0.05, 0) is 32.6 Å². The average Bonchev–Trinajstić information content (AvgIpc) is 2.03. The summed E-state index contributed by atoms with van der Waals surface area (Å²) in [5.41, 5.74) is 1.64. The molecule has 0 unspecified atom stereocenters. The van der Waals surface area contributed by atoms with Gasteiger partial charge in [0.15, 0.2) is 0 Å². The number of hydrogen-bond acceptors (Lipinski definition) is 0. The fraction of sp³-hybridized carbons (Fsp3) is 0.600. The van der Waals surface area contributed by atoms with Crippen LogP contribution in [0.5, 0.6) is 0 Å². The van der Waals surface area contributed by atoms with Gasteiger partial charge in [0.2, 0.25) is 0 Å². The van der Waals surface area contributed by atoms with Crippen molar-refractivity contribution in [3.05, 3.63) is 23.8 Å². The summed E-state index contributed by atoms with van der Waals surface area (Å²) in [5, 5.41) is 0. The highest BCUT2D eigenvalue weighted by Crippen LogP contribution is 2.22. The highest BCUT2D eigenvalue weighted by molar-refractivity contribution is 5.13. The topological polar surface area (TPSA) is 0 Å². The molecule has 0 aromatic carbocycles. The summed E-state index contributed by atoms with van der Waals surface area (Å²) in [7, 11) is 0. The van der Waals surface area contributed by atoms with Crippen molar-refractivity contribution in [3.8, 4) is 0 Å². The lowest BCUT2D eigenvalue weighted by molar-refractivity contribution is 0.599. The molecule has 0 heteroatoms. The zero-order chi connectivity index (χ0) is 7.23. The zero-order valence-corrected chi connectivity index (χ0v) is 6.77. The molecule has 0 atom stereocenters. The Bertz CT molecular complexity index is 132. The SMILES string of the molecule is CC=CC=C1CCCCC1. The van der Waals surface area contributed by atoms with E-state index >= 15 is 0 Å². The highest BCUT2D eigenvalue weighted by Gasteiger charge is 2.02. The molecule has 10 heavy (non-hydrogen) atoms. The van der Waals surface area contributed by atoms with Gasteiger partial charge in [0.25, 0.3) is 0 Å². The van der Waals surface area contributed by atoms with Crippen molar-refractivity contribution >= 4 is 0 Å². The molecule has 0 heterocycles. The summed E-state index contributed by atoms with van der Waals surface area (Å²) < 4.78 is 0. The van der Waals surface area contributed by atoms with E-state index in [0.717, 1.165) is 0 Å². The largest absolute Gasteiger partial charge is 0.0877 e. The van der Waals surface area contributed by atoms with Gasteiger partial charge in [-0.1, -0.05) is 30.2 Å². The third kappa shape index (κ3) is 2.38. The van der Waals surface area contributed by atoms with Crippen molar-refractivity contribution < 1.29 is 0 Å². The first-order chi connectivity index (χ1) is 4.93. The lowest BCUT2D eigenvalue weighted by Gasteiger charge is -2.11. The predicted molar refractivity (Wildman–Crippen MR) is 46.0 cm³/mol. The molecular formula is C10H16. The molecular weight excluding hydrogens is 120 g/mol. The van der Waals surface area contributed by atoms with Gasteiger partial charge in [-0.15, -0.1) is 0 Å². The standard InChI is InChI=1S/C10H16/c1-2-3-7-10-8-5-4-6-9-10/h2-3,7H,4-6,8-9H2,1H3. The summed E-state index contributed by atoms with van der Waals surface area (Å²) in [6.45, 7) is 2.07. The van der Waals surface area contributed by atoms with Crippen LogP contribution in [0.3, 0.4) is 0 Å². The minimum absolute atomic E-state index is 1.34. The molecule has 0 amide bonds. The monoisotopic (exact) mass is 136 g/mol. The Morgan fingerprint density at radius 3 is 2.40 bits per heavy atom. The molecule has 0 nitrogen and oxygen atoms in total. The van der Waals surface area contributed by atoms with E-state index in [0.29, 0.717) is 0 Å². The van der Waals surface area contributed by atoms with E-state index < -0.39 is 0 Å². The molecule has 0 N–H and O–H groups in total. The van der Waals surface area contributed by atoms with Gasteiger partial charge in [0.1, 0.15) is 0 Å². The molecule has 0 aromatic rings. The lowest BCUT2D eigenvalue weighted by Crippen LogP contribution is -1.92. The van der Waals surface area contributed by atoms with E-state index in [9.17, 15) is 0 Å². The first-order valence-corrected chi connectivity index (χ1v) is 4.24. The molecule has 56 valence electrons. The van der Waals surface area contributed by atoms with Crippen molar-refractivity contribution in [2.75, 3.05) is 0 Å². The van der Waals surface area contributed by atoms with Gasteiger partial charge in [0.05, 0.1) is 0 Å². The quantitative estimate of drug-likeness (QED) is 0.518. The van der Waals surface area contributed by atoms with Crippen LogP contribution in [0.2, 0.25) is 0 Å². The summed E-state index contributed by atoms with van der Waals surface area (Å²) in [4.78, 5) is 0. The first-order valence-electron chi connectivity index (χ1n) is 4.24. The second kappa shape index (κ2) is 4.32. The van der Waals surface area contributed by atoms with Crippen molar-refractivity contribution in [3.63, 3.8) is 0 Å². The highest BCUT2D eigenvalue weighted by atomic mass is 14.1. The van der Waals surface area contributed by atoms with Gasteiger partial charge in [0, 0.05) is 0 Å². The Kier molecular flexibility index (Phi) is 3.28. The molecule has 0 aliphatic heterocycles. The smallest absolute Gasteiger partial charge is 0.0317 e. The Morgan fingerprint density at radius 1 is 1.10 bits per heavy atom.